The normalized spacial score (nSPS) is 34.5. The van der Waals surface area contributed by atoms with Crippen LogP contribution in [0.25, 0.3) is 0 Å². The molecule has 4 N–H and O–H groups in total. The average molecular weight is 792 g/mol. The van der Waals surface area contributed by atoms with Crippen molar-refractivity contribution < 1.29 is 32.9 Å². The molecular formula is C45H75B2N3O7. The van der Waals surface area contributed by atoms with Gasteiger partial charge >= 0.3 is 20.3 Å². The van der Waals surface area contributed by atoms with Crippen molar-refractivity contribution in [3.8, 4) is 0 Å². The highest BCUT2D eigenvalue weighted by molar-refractivity contribution is 6.48. The van der Waals surface area contributed by atoms with Gasteiger partial charge in [0.15, 0.2) is 0 Å². The highest BCUT2D eigenvalue weighted by atomic mass is 16.7. The van der Waals surface area contributed by atoms with Crippen LogP contribution in [0.15, 0.2) is 24.3 Å². The lowest BCUT2D eigenvalue weighted by molar-refractivity contribution is -0.199. The van der Waals surface area contributed by atoms with Crippen molar-refractivity contribution in [2.75, 3.05) is 0 Å². The monoisotopic (exact) mass is 792 g/mol. The third-order valence-electron chi connectivity index (χ3n) is 15.0. The number of hydrogen-bond acceptors (Lipinski definition) is 8. The number of nitrogens with one attached hydrogen (secondary N) is 2. The van der Waals surface area contributed by atoms with Crippen LogP contribution in [0, 0.1) is 53.3 Å². The molecule has 4 unspecified atom stereocenters. The SMILES string of the molecule is CC(C)C[C@H](N)B1OC2CC3CC(C3(C)C)C2(C)O1.Cc1ccc(C[C@H](NC(=O)OC(C)(C)C)C(=O)N[C@@H](CC(C)C)B2O[C@@H]3C[C@@H]4C[C@@H](C4(C)C)[C@]3(C)O2)cc1. The molecule has 4 bridgehead atoms. The van der Waals surface area contributed by atoms with Gasteiger partial charge in [0.05, 0.1) is 29.4 Å². The number of hydrogen-bond donors (Lipinski definition) is 3. The van der Waals surface area contributed by atoms with E-state index in [0.29, 0.717) is 47.8 Å². The number of amides is 2. The van der Waals surface area contributed by atoms with E-state index in [0.717, 1.165) is 36.3 Å². The summed E-state index contributed by atoms with van der Waals surface area (Å²) in [6.07, 6.45) is 6.33. The lowest BCUT2D eigenvalue weighted by Crippen LogP contribution is -2.65. The fourth-order valence-corrected chi connectivity index (χ4v) is 11.5. The number of aryl methyl sites for hydroxylation is 1. The Morgan fingerprint density at radius 3 is 1.75 bits per heavy atom. The number of ether oxygens (including phenoxy) is 1. The molecule has 0 spiro atoms. The van der Waals surface area contributed by atoms with Crippen LogP contribution < -0.4 is 16.4 Å². The lowest BCUT2D eigenvalue weighted by atomic mass is 9.43. The second kappa shape index (κ2) is 16.1. The van der Waals surface area contributed by atoms with Gasteiger partial charge in [-0.3, -0.25) is 4.79 Å². The van der Waals surface area contributed by atoms with E-state index in [1.165, 1.54) is 12.8 Å². The maximum atomic E-state index is 13.7. The first-order valence-electron chi connectivity index (χ1n) is 22.1. The van der Waals surface area contributed by atoms with Crippen LogP contribution in [0.4, 0.5) is 4.79 Å². The van der Waals surface area contributed by atoms with Crippen molar-refractivity contribution >= 4 is 26.2 Å². The molecular weight excluding hydrogens is 716 g/mol. The Bertz CT molecular complexity index is 1600. The van der Waals surface area contributed by atoms with Crippen LogP contribution in [0.2, 0.25) is 0 Å². The van der Waals surface area contributed by atoms with E-state index in [1.54, 1.807) is 20.8 Å². The molecule has 11 atom stereocenters. The predicted molar refractivity (Wildman–Crippen MR) is 227 cm³/mol. The van der Waals surface area contributed by atoms with E-state index in [4.69, 9.17) is 29.1 Å². The third-order valence-corrected chi connectivity index (χ3v) is 15.0. The third kappa shape index (κ3) is 9.01. The van der Waals surface area contributed by atoms with Crippen molar-refractivity contribution in [3.05, 3.63) is 35.4 Å². The molecule has 1 aromatic rings. The molecule has 0 aromatic heterocycles. The summed E-state index contributed by atoms with van der Waals surface area (Å²) in [4.78, 5) is 26.4. The molecule has 9 rings (SSSR count). The maximum absolute atomic E-state index is 13.7. The van der Waals surface area contributed by atoms with Crippen LogP contribution in [0.5, 0.6) is 0 Å². The standard InChI is InChI=1S/C30H47BN2O5.C15H28BNO2/c1-18(2)14-25(31-37-24-17-21-16-23(29(21,7)8)30(24,9)38-31)33-26(34)22(32-27(35)36-28(4,5)6)15-20-12-10-19(3)11-13-20;1-9(2)6-13(17)16-18-12-8-10-7-11(14(10,3)4)15(12,5)19-16/h10-13,18,21-25H,14-17H2,1-9H3,(H,32,35)(H,33,34);9-13H,6-8,17H2,1-5H3/t21-,22-,23-,24+,25-,30-;10?,11?,12?,13-,15?/m00/s1. The molecule has 0 radical (unpaired) electrons. The molecule has 8 fully saturated rings. The molecule has 2 aliphatic heterocycles. The van der Waals surface area contributed by atoms with Crippen LogP contribution >= 0.6 is 0 Å². The van der Waals surface area contributed by atoms with Crippen LogP contribution in [-0.4, -0.2) is 73.2 Å². The van der Waals surface area contributed by atoms with E-state index in [1.807, 2.05) is 31.2 Å². The average Bonchev–Trinajstić information content (AvgIpc) is 3.64. The van der Waals surface area contributed by atoms with Gasteiger partial charge in [0.1, 0.15) is 11.6 Å². The summed E-state index contributed by atoms with van der Waals surface area (Å²) < 4.78 is 31.3. The minimum absolute atomic E-state index is 0.00253. The Morgan fingerprint density at radius 1 is 0.789 bits per heavy atom. The van der Waals surface area contributed by atoms with E-state index in [9.17, 15) is 9.59 Å². The van der Waals surface area contributed by atoms with Gasteiger partial charge in [-0.15, -0.1) is 0 Å². The van der Waals surface area contributed by atoms with Gasteiger partial charge in [0, 0.05) is 12.4 Å². The van der Waals surface area contributed by atoms with Gasteiger partial charge in [-0.2, -0.15) is 0 Å². The Balaban J connectivity index is 0.000000240. The molecule has 6 saturated carbocycles. The first kappa shape index (κ1) is 44.4. The van der Waals surface area contributed by atoms with Crippen molar-refractivity contribution in [1.82, 2.24) is 10.6 Å². The van der Waals surface area contributed by atoms with Gasteiger partial charge in [0.25, 0.3) is 0 Å². The Labute approximate surface area is 345 Å². The zero-order valence-corrected chi connectivity index (χ0v) is 37.7. The second-order valence-corrected chi connectivity index (χ2v) is 22.1. The van der Waals surface area contributed by atoms with E-state index in [-0.39, 0.29) is 53.7 Å². The smallest absolute Gasteiger partial charge is 0.444 e. The van der Waals surface area contributed by atoms with Crippen molar-refractivity contribution in [2.24, 2.45) is 52.1 Å². The molecule has 2 amide bonds. The van der Waals surface area contributed by atoms with Gasteiger partial charge in [-0.25, -0.2) is 4.79 Å². The number of alkyl carbamates (subject to hydrolysis) is 1. The molecule has 6 aliphatic carbocycles. The molecule has 2 saturated heterocycles. The molecule has 57 heavy (non-hydrogen) atoms. The van der Waals surface area contributed by atoms with Crippen LogP contribution in [0.3, 0.4) is 0 Å². The molecule has 318 valence electrons. The first-order chi connectivity index (χ1) is 26.3. The number of rotatable bonds is 11. The minimum atomic E-state index is -0.798. The van der Waals surface area contributed by atoms with E-state index >= 15 is 0 Å². The van der Waals surface area contributed by atoms with E-state index < -0.39 is 24.9 Å². The number of nitrogens with two attached hydrogens (primary N) is 1. The zero-order chi connectivity index (χ0) is 42.0. The second-order valence-electron chi connectivity index (χ2n) is 22.1. The summed E-state index contributed by atoms with van der Waals surface area (Å²) in [6, 6.07) is 7.19. The Kier molecular flexibility index (Phi) is 12.5. The number of carbonyl (C=O) groups is 2. The van der Waals surface area contributed by atoms with Gasteiger partial charge in [-0.1, -0.05) is 85.2 Å². The topological polar surface area (TPSA) is 130 Å². The summed E-state index contributed by atoms with van der Waals surface area (Å²) >= 11 is 0. The fraction of sp³-hybridized carbons (Fsp3) is 0.822. The molecule has 2 heterocycles. The summed E-state index contributed by atoms with van der Waals surface area (Å²) in [6.45, 7) is 30.0. The van der Waals surface area contributed by atoms with Gasteiger partial charge in [0.2, 0.25) is 5.91 Å². The van der Waals surface area contributed by atoms with Crippen molar-refractivity contribution in [1.29, 1.82) is 0 Å². The number of carbonyl (C=O) groups excluding carboxylic acids is 2. The minimum Gasteiger partial charge on any atom is -0.444 e. The predicted octanol–water partition coefficient (Wildman–Crippen LogP) is 7.86. The summed E-state index contributed by atoms with van der Waals surface area (Å²) in [7, 11) is -0.722. The zero-order valence-electron chi connectivity index (χ0n) is 37.7. The summed E-state index contributed by atoms with van der Waals surface area (Å²) in [5.74, 6) is 2.85. The molecule has 12 heteroatoms. The number of benzene rings is 1. The largest absolute Gasteiger partial charge is 0.481 e. The van der Waals surface area contributed by atoms with Crippen molar-refractivity contribution in [2.45, 2.75) is 189 Å². The van der Waals surface area contributed by atoms with Crippen LogP contribution in [-0.2, 0) is 34.6 Å². The Hall–Kier alpha value is -2.11. The molecule has 10 nitrogen and oxygen atoms in total. The van der Waals surface area contributed by atoms with Gasteiger partial charge in [-0.05, 0) is 132 Å². The first-order valence-corrected chi connectivity index (χ1v) is 22.1. The van der Waals surface area contributed by atoms with Crippen molar-refractivity contribution in [3.63, 3.8) is 0 Å². The highest BCUT2D eigenvalue weighted by Crippen LogP contribution is 2.67. The fourth-order valence-electron chi connectivity index (χ4n) is 11.5. The highest BCUT2D eigenvalue weighted by Gasteiger charge is 2.69. The molecule has 8 aliphatic rings. The quantitative estimate of drug-likeness (QED) is 0.193. The summed E-state index contributed by atoms with van der Waals surface area (Å²) in [5.41, 5.74) is 7.89. The maximum Gasteiger partial charge on any atom is 0.481 e. The Morgan fingerprint density at radius 2 is 1.28 bits per heavy atom. The van der Waals surface area contributed by atoms with Crippen LogP contribution in [0.1, 0.15) is 140 Å². The lowest BCUT2D eigenvalue weighted by Gasteiger charge is -2.64. The van der Waals surface area contributed by atoms with Gasteiger partial charge < -0.3 is 39.7 Å². The summed E-state index contributed by atoms with van der Waals surface area (Å²) in [5, 5.41) is 6.02. The molecule has 1 aromatic carbocycles. The van der Waals surface area contributed by atoms with E-state index in [2.05, 4.69) is 79.9 Å².